The van der Waals surface area contributed by atoms with Gasteiger partial charge in [-0.3, -0.25) is 10.3 Å². The minimum absolute atomic E-state index is 0.177. The van der Waals surface area contributed by atoms with E-state index in [0.717, 1.165) is 6.42 Å². The number of aliphatic imine (C=N–C) groups is 1. The first-order chi connectivity index (χ1) is 7.74. The van der Waals surface area contributed by atoms with Gasteiger partial charge in [0, 0.05) is 12.5 Å². The van der Waals surface area contributed by atoms with Crippen LogP contribution in [-0.2, 0) is 9.47 Å². The molecule has 1 N–H and O–H groups in total. The number of ether oxygens (including phenoxy) is 2. The summed E-state index contributed by atoms with van der Waals surface area (Å²) in [6.45, 7) is 7.54. The topological polar surface area (TPSA) is 59.9 Å². The third-order valence-electron chi connectivity index (χ3n) is 2.24. The van der Waals surface area contributed by atoms with Crippen molar-refractivity contribution in [2.75, 3.05) is 26.4 Å². The Morgan fingerprint density at radius 3 is 3.31 bits per heavy atom. The SMILES string of the molecule is C=CCOC(=O)NC1=NCCOCCC1C. The number of amides is 1. The zero-order valence-corrected chi connectivity index (χ0v) is 9.57. The van der Waals surface area contributed by atoms with Crippen LogP contribution in [0.5, 0.6) is 0 Å². The number of nitrogens with zero attached hydrogens (tertiary/aromatic N) is 1. The Bertz CT molecular complexity index is 276. The monoisotopic (exact) mass is 226 g/mol. The number of amidine groups is 1. The average molecular weight is 226 g/mol. The van der Waals surface area contributed by atoms with Crippen LogP contribution in [0.15, 0.2) is 17.6 Å². The van der Waals surface area contributed by atoms with E-state index in [1.165, 1.54) is 6.08 Å². The van der Waals surface area contributed by atoms with Gasteiger partial charge in [0.15, 0.2) is 0 Å². The van der Waals surface area contributed by atoms with E-state index in [1.807, 2.05) is 6.92 Å². The largest absolute Gasteiger partial charge is 0.445 e. The number of rotatable bonds is 2. The van der Waals surface area contributed by atoms with Crippen LogP contribution in [0.2, 0.25) is 0 Å². The maximum absolute atomic E-state index is 11.3. The normalized spacial score (nSPS) is 21.3. The molecule has 0 fully saturated rings. The van der Waals surface area contributed by atoms with Gasteiger partial charge in [0.25, 0.3) is 0 Å². The van der Waals surface area contributed by atoms with E-state index in [9.17, 15) is 4.79 Å². The van der Waals surface area contributed by atoms with Gasteiger partial charge in [0.1, 0.15) is 12.4 Å². The van der Waals surface area contributed by atoms with E-state index in [4.69, 9.17) is 9.47 Å². The molecule has 0 saturated carbocycles. The van der Waals surface area contributed by atoms with E-state index in [2.05, 4.69) is 16.9 Å². The highest BCUT2D eigenvalue weighted by atomic mass is 16.5. The molecule has 1 unspecified atom stereocenters. The highest BCUT2D eigenvalue weighted by Gasteiger charge is 2.15. The van der Waals surface area contributed by atoms with Gasteiger partial charge in [-0.15, -0.1) is 0 Å². The van der Waals surface area contributed by atoms with Gasteiger partial charge in [-0.25, -0.2) is 4.79 Å². The molecule has 0 spiro atoms. The van der Waals surface area contributed by atoms with Gasteiger partial charge < -0.3 is 9.47 Å². The third-order valence-corrected chi connectivity index (χ3v) is 2.24. The first-order valence-electron chi connectivity index (χ1n) is 5.40. The molecule has 0 aliphatic carbocycles. The van der Waals surface area contributed by atoms with Crippen LogP contribution in [-0.4, -0.2) is 38.3 Å². The summed E-state index contributed by atoms with van der Waals surface area (Å²) < 4.78 is 10.1. The molecule has 0 radical (unpaired) electrons. The van der Waals surface area contributed by atoms with Gasteiger partial charge in [0.05, 0.1) is 13.2 Å². The van der Waals surface area contributed by atoms with Crippen LogP contribution in [0.1, 0.15) is 13.3 Å². The minimum Gasteiger partial charge on any atom is -0.445 e. The summed E-state index contributed by atoms with van der Waals surface area (Å²) in [6.07, 6.45) is 1.89. The number of hydrogen-bond acceptors (Lipinski definition) is 4. The molecule has 1 atom stereocenters. The van der Waals surface area contributed by atoms with Crippen molar-refractivity contribution in [1.82, 2.24) is 5.32 Å². The number of hydrogen-bond donors (Lipinski definition) is 1. The second-order valence-corrected chi connectivity index (χ2v) is 3.58. The minimum atomic E-state index is -0.480. The van der Waals surface area contributed by atoms with Crippen LogP contribution in [0.4, 0.5) is 4.79 Å². The van der Waals surface area contributed by atoms with Crippen LogP contribution in [0, 0.1) is 5.92 Å². The summed E-state index contributed by atoms with van der Waals surface area (Å²) in [5.41, 5.74) is 0. The lowest BCUT2D eigenvalue weighted by Gasteiger charge is -2.18. The van der Waals surface area contributed by atoms with E-state index in [-0.39, 0.29) is 12.5 Å². The van der Waals surface area contributed by atoms with Crippen LogP contribution in [0.25, 0.3) is 0 Å². The number of nitrogens with one attached hydrogen (secondary N) is 1. The van der Waals surface area contributed by atoms with Gasteiger partial charge in [-0.2, -0.15) is 0 Å². The Morgan fingerprint density at radius 2 is 2.56 bits per heavy atom. The smallest absolute Gasteiger partial charge is 0.412 e. The molecule has 0 bridgehead atoms. The molecule has 16 heavy (non-hydrogen) atoms. The van der Waals surface area contributed by atoms with Crippen molar-refractivity contribution in [1.29, 1.82) is 0 Å². The Morgan fingerprint density at radius 1 is 1.75 bits per heavy atom. The number of carbonyl (C=O) groups is 1. The van der Waals surface area contributed by atoms with Crippen molar-refractivity contribution >= 4 is 11.9 Å². The lowest BCUT2D eigenvalue weighted by molar-refractivity contribution is 0.130. The van der Waals surface area contributed by atoms with Gasteiger partial charge >= 0.3 is 6.09 Å². The highest BCUT2D eigenvalue weighted by molar-refractivity contribution is 5.96. The summed E-state index contributed by atoms with van der Waals surface area (Å²) in [5.74, 6) is 0.856. The molecular formula is C11H18N2O3. The Kier molecular flexibility index (Phi) is 5.56. The zero-order valence-electron chi connectivity index (χ0n) is 9.57. The first-order valence-corrected chi connectivity index (χ1v) is 5.40. The summed E-state index contributed by atoms with van der Waals surface area (Å²) in [4.78, 5) is 15.6. The van der Waals surface area contributed by atoms with Crippen molar-refractivity contribution < 1.29 is 14.3 Å². The molecule has 0 aromatic heterocycles. The van der Waals surface area contributed by atoms with Crippen LogP contribution >= 0.6 is 0 Å². The maximum atomic E-state index is 11.3. The van der Waals surface area contributed by atoms with Gasteiger partial charge in [-0.05, 0) is 6.42 Å². The molecule has 1 rings (SSSR count). The average Bonchev–Trinajstić information content (AvgIpc) is 2.26. The predicted molar refractivity (Wildman–Crippen MR) is 61.6 cm³/mol. The van der Waals surface area contributed by atoms with Crippen molar-refractivity contribution in [3.8, 4) is 0 Å². The molecule has 0 aromatic carbocycles. The molecule has 5 heteroatoms. The van der Waals surface area contributed by atoms with E-state index < -0.39 is 6.09 Å². The Balaban J connectivity index is 2.47. The van der Waals surface area contributed by atoms with Gasteiger partial charge in [-0.1, -0.05) is 19.6 Å². The molecule has 90 valence electrons. The molecular weight excluding hydrogens is 208 g/mol. The van der Waals surface area contributed by atoms with Crippen LogP contribution < -0.4 is 5.32 Å². The summed E-state index contributed by atoms with van der Waals surface area (Å²) in [6, 6.07) is 0. The quantitative estimate of drug-likeness (QED) is 0.723. The maximum Gasteiger partial charge on any atom is 0.412 e. The summed E-state index contributed by atoms with van der Waals surface area (Å²) in [5, 5.41) is 2.66. The Labute approximate surface area is 95.5 Å². The fourth-order valence-corrected chi connectivity index (χ4v) is 1.32. The van der Waals surface area contributed by atoms with Crippen molar-refractivity contribution in [2.24, 2.45) is 10.9 Å². The molecule has 1 heterocycles. The number of carbonyl (C=O) groups excluding carboxylic acids is 1. The first kappa shape index (κ1) is 12.7. The van der Waals surface area contributed by atoms with E-state index >= 15 is 0 Å². The van der Waals surface area contributed by atoms with Crippen molar-refractivity contribution in [2.45, 2.75) is 13.3 Å². The Hall–Kier alpha value is -1.36. The van der Waals surface area contributed by atoms with E-state index in [0.29, 0.717) is 25.6 Å². The second-order valence-electron chi connectivity index (χ2n) is 3.58. The van der Waals surface area contributed by atoms with Crippen molar-refractivity contribution in [3.63, 3.8) is 0 Å². The lowest BCUT2D eigenvalue weighted by Crippen LogP contribution is -2.37. The standard InChI is InChI=1S/C11H18N2O3/c1-3-6-16-11(14)13-10-9(2)4-7-15-8-5-12-10/h3,9H,1,4-8H2,2H3,(H,12,13,14). The summed E-state index contributed by atoms with van der Waals surface area (Å²) >= 11 is 0. The highest BCUT2D eigenvalue weighted by Crippen LogP contribution is 2.06. The van der Waals surface area contributed by atoms with E-state index in [1.54, 1.807) is 0 Å². The zero-order chi connectivity index (χ0) is 11.8. The second kappa shape index (κ2) is 7.00. The van der Waals surface area contributed by atoms with Crippen molar-refractivity contribution in [3.05, 3.63) is 12.7 Å². The molecule has 1 aliphatic heterocycles. The van der Waals surface area contributed by atoms with Gasteiger partial charge in [0.2, 0.25) is 0 Å². The fourth-order valence-electron chi connectivity index (χ4n) is 1.32. The lowest BCUT2D eigenvalue weighted by atomic mass is 10.1. The number of alkyl carbamates (subject to hydrolysis) is 1. The summed E-state index contributed by atoms with van der Waals surface area (Å²) in [7, 11) is 0. The molecule has 1 aliphatic rings. The molecule has 0 aromatic rings. The fraction of sp³-hybridized carbons (Fsp3) is 0.636. The third kappa shape index (κ3) is 4.44. The van der Waals surface area contributed by atoms with Crippen LogP contribution in [0.3, 0.4) is 0 Å². The molecule has 5 nitrogen and oxygen atoms in total. The molecule has 1 amide bonds. The predicted octanol–water partition coefficient (Wildman–Crippen LogP) is 1.35. The molecule has 0 saturated heterocycles.